The number of aromatic hydroxyl groups is 1. The van der Waals surface area contributed by atoms with Gasteiger partial charge in [0.05, 0.1) is 5.69 Å². The maximum atomic E-state index is 12.8. The van der Waals surface area contributed by atoms with Gasteiger partial charge in [0.1, 0.15) is 0 Å². The molecule has 1 amide bonds. The summed E-state index contributed by atoms with van der Waals surface area (Å²) in [6, 6.07) is 17.0. The fourth-order valence-electron chi connectivity index (χ4n) is 4.24. The molecule has 0 atom stereocenters. The number of carbonyl (C=O) groups excluding carboxylic acids is 2. The molecule has 3 aromatic rings. The molecule has 0 unspecified atom stereocenters. The molecule has 2 aromatic carbocycles. The van der Waals surface area contributed by atoms with Gasteiger partial charge in [-0.25, -0.2) is 4.98 Å². The Balaban J connectivity index is 1.52. The van der Waals surface area contributed by atoms with Crippen LogP contribution in [0.25, 0.3) is 5.69 Å². The van der Waals surface area contributed by atoms with Crippen molar-refractivity contribution < 1.29 is 14.7 Å². The summed E-state index contributed by atoms with van der Waals surface area (Å²) in [5.41, 5.74) is 2.17. The number of nitrogens with one attached hydrogen (secondary N) is 1. The van der Waals surface area contributed by atoms with E-state index in [1.807, 2.05) is 30.3 Å². The normalized spacial score (nSPS) is 10.9. The highest BCUT2D eigenvalue weighted by Crippen LogP contribution is 2.31. The topological polar surface area (TPSA) is 84.2 Å². The van der Waals surface area contributed by atoms with Crippen LogP contribution in [-0.2, 0) is 5.75 Å². The first kappa shape index (κ1) is 28.5. The Morgan fingerprint density at radius 2 is 1.62 bits per heavy atom. The summed E-state index contributed by atoms with van der Waals surface area (Å²) in [7, 11) is 0. The second-order valence-electron chi connectivity index (χ2n) is 9.32. The number of imidazole rings is 1. The summed E-state index contributed by atoms with van der Waals surface area (Å²) in [5.74, 6) is 0.259. The van der Waals surface area contributed by atoms with Crippen molar-refractivity contribution in [2.45, 2.75) is 82.0 Å². The number of thioether (sulfide) groups is 1. The lowest BCUT2D eigenvalue weighted by molar-refractivity contribution is 0.0952. The Bertz CT molecular complexity index is 1110. The molecule has 3 rings (SSSR count). The summed E-state index contributed by atoms with van der Waals surface area (Å²) in [6.07, 6.45) is 13.1. The first-order valence-corrected chi connectivity index (χ1v) is 14.4. The zero-order valence-corrected chi connectivity index (χ0v) is 22.6. The highest BCUT2D eigenvalue weighted by Gasteiger charge is 2.19. The SMILES string of the molecule is CCCCCCCCCCCCNC(=O)c1cccc(-n2c(SCc3ccccc3)nc(C=O)c2O)c1. The minimum Gasteiger partial charge on any atom is -0.493 e. The van der Waals surface area contributed by atoms with Crippen LogP contribution in [0.3, 0.4) is 0 Å². The van der Waals surface area contributed by atoms with Crippen molar-refractivity contribution in [2.75, 3.05) is 6.54 Å². The Morgan fingerprint density at radius 3 is 2.30 bits per heavy atom. The Kier molecular flexibility index (Phi) is 12.3. The average molecular weight is 522 g/mol. The molecule has 0 spiro atoms. The average Bonchev–Trinajstić information content (AvgIpc) is 3.26. The number of nitrogens with zero attached hydrogens (tertiary/aromatic N) is 2. The van der Waals surface area contributed by atoms with Gasteiger partial charge in [0, 0.05) is 17.9 Å². The van der Waals surface area contributed by atoms with Gasteiger partial charge in [0.15, 0.2) is 17.1 Å². The van der Waals surface area contributed by atoms with Crippen LogP contribution in [0.1, 0.15) is 97.5 Å². The Morgan fingerprint density at radius 1 is 0.946 bits per heavy atom. The monoisotopic (exact) mass is 521 g/mol. The smallest absolute Gasteiger partial charge is 0.251 e. The first-order chi connectivity index (χ1) is 18.1. The molecule has 0 radical (unpaired) electrons. The third kappa shape index (κ3) is 9.08. The zero-order valence-electron chi connectivity index (χ0n) is 21.8. The second kappa shape index (κ2) is 15.9. The summed E-state index contributed by atoms with van der Waals surface area (Å²) in [6.45, 7) is 2.89. The minimum absolute atomic E-state index is 0.0219. The fraction of sp³-hybridized carbons (Fsp3) is 0.433. The van der Waals surface area contributed by atoms with Crippen LogP contribution in [0.15, 0.2) is 59.8 Å². The van der Waals surface area contributed by atoms with Crippen LogP contribution in [0.5, 0.6) is 5.88 Å². The third-order valence-corrected chi connectivity index (χ3v) is 7.36. The summed E-state index contributed by atoms with van der Waals surface area (Å²) in [4.78, 5) is 28.5. The van der Waals surface area contributed by atoms with Crippen molar-refractivity contribution >= 4 is 24.0 Å². The maximum Gasteiger partial charge on any atom is 0.251 e. The van der Waals surface area contributed by atoms with Crippen molar-refractivity contribution in [3.05, 3.63) is 71.4 Å². The number of rotatable bonds is 17. The molecule has 0 fully saturated rings. The van der Waals surface area contributed by atoms with Gasteiger partial charge in [0.2, 0.25) is 5.88 Å². The van der Waals surface area contributed by atoms with Gasteiger partial charge in [-0.2, -0.15) is 0 Å². The van der Waals surface area contributed by atoms with Crippen LogP contribution in [0.4, 0.5) is 0 Å². The lowest BCUT2D eigenvalue weighted by Crippen LogP contribution is -2.24. The van der Waals surface area contributed by atoms with Crippen molar-refractivity contribution in [2.24, 2.45) is 0 Å². The molecule has 7 heteroatoms. The molecule has 0 aliphatic carbocycles. The molecule has 198 valence electrons. The van der Waals surface area contributed by atoms with Crippen molar-refractivity contribution in [3.63, 3.8) is 0 Å². The van der Waals surface area contributed by atoms with Gasteiger partial charge in [-0.15, -0.1) is 0 Å². The molecule has 2 N–H and O–H groups in total. The number of benzene rings is 2. The van der Waals surface area contributed by atoms with Crippen LogP contribution >= 0.6 is 11.8 Å². The first-order valence-electron chi connectivity index (χ1n) is 13.5. The molecule has 0 bridgehead atoms. The van der Waals surface area contributed by atoms with E-state index in [1.165, 1.54) is 67.7 Å². The van der Waals surface area contributed by atoms with E-state index in [2.05, 4.69) is 17.2 Å². The Hall–Kier alpha value is -3.06. The summed E-state index contributed by atoms with van der Waals surface area (Å²) >= 11 is 1.42. The lowest BCUT2D eigenvalue weighted by Gasteiger charge is -2.11. The van der Waals surface area contributed by atoms with Gasteiger partial charge in [-0.05, 0) is 30.2 Å². The van der Waals surface area contributed by atoms with Gasteiger partial charge in [-0.3, -0.25) is 14.2 Å². The van der Waals surface area contributed by atoms with Crippen molar-refractivity contribution in [1.29, 1.82) is 0 Å². The van der Waals surface area contributed by atoms with E-state index in [1.54, 1.807) is 24.3 Å². The Labute approximate surface area is 224 Å². The number of unbranched alkanes of at least 4 members (excludes halogenated alkanes) is 9. The predicted octanol–water partition coefficient (Wildman–Crippen LogP) is 7.33. The van der Waals surface area contributed by atoms with E-state index in [0.717, 1.165) is 18.4 Å². The van der Waals surface area contributed by atoms with Gasteiger partial charge < -0.3 is 10.4 Å². The number of hydrogen-bond donors (Lipinski definition) is 2. The number of carbonyl (C=O) groups is 2. The molecule has 0 saturated heterocycles. The van der Waals surface area contributed by atoms with Crippen LogP contribution < -0.4 is 5.32 Å². The number of amides is 1. The van der Waals surface area contributed by atoms with Gasteiger partial charge in [0.25, 0.3) is 5.91 Å². The highest BCUT2D eigenvalue weighted by molar-refractivity contribution is 7.98. The number of aromatic nitrogens is 2. The van der Waals surface area contributed by atoms with E-state index in [0.29, 0.717) is 35.0 Å². The quantitative estimate of drug-likeness (QED) is 0.110. The van der Waals surface area contributed by atoms with Gasteiger partial charge in [-0.1, -0.05) is 113 Å². The van der Waals surface area contributed by atoms with E-state index in [9.17, 15) is 14.7 Å². The van der Waals surface area contributed by atoms with E-state index in [-0.39, 0.29) is 17.5 Å². The van der Waals surface area contributed by atoms with Crippen LogP contribution in [-0.4, -0.2) is 33.4 Å². The van der Waals surface area contributed by atoms with Gasteiger partial charge >= 0.3 is 0 Å². The standard InChI is InChI=1S/C30H39N3O3S/c1-2-3-4-5-6-7-8-9-10-14-20-31-28(35)25-18-15-19-26(21-25)33-29(36)27(22-34)32-30(33)37-23-24-16-12-11-13-17-24/h11-13,15-19,21-22,36H,2-10,14,20,23H2,1H3,(H,31,35). The number of hydrogen-bond acceptors (Lipinski definition) is 5. The number of aldehydes is 1. The molecule has 1 aromatic heterocycles. The molecule has 0 aliphatic heterocycles. The molecule has 1 heterocycles. The third-order valence-electron chi connectivity index (χ3n) is 6.35. The second-order valence-corrected chi connectivity index (χ2v) is 10.3. The molecular weight excluding hydrogens is 482 g/mol. The van der Waals surface area contributed by atoms with Crippen LogP contribution in [0, 0.1) is 0 Å². The fourth-order valence-corrected chi connectivity index (χ4v) is 5.21. The minimum atomic E-state index is -0.228. The van der Waals surface area contributed by atoms with E-state index < -0.39 is 0 Å². The molecule has 0 aliphatic rings. The van der Waals surface area contributed by atoms with Crippen molar-refractivity contribution in [1.82, 2.24) is 14.9 Å². The molecular formula is C30H39N3O3S. The highest BCUT2D eigenvalue weighted by atomic mass is 32.2. The largest absolute Gasteiger partial charge is 0.493 e. The molecule has 6 nitrogen and oxygen atoms in total. The lowest BCUT2D eigenvalue weighted by atomic mass is 10.1. The molecule has 37 heavy (non-hydrogen) atoms. The van der Waals surface area contributed by atoms with E-state index in [4.69, 9.17) is 0 Å². The molecule has 0 saturated carbocycles. The van der Waals surface area contributed by atoms with Crippen molar-refractivity contribution in [3.8, 4) is 11.6 Å². The zero-order chi connectivity index (χ0) is 26.3. The summed E-state index contributed by atoms with van der Waals surface area (Å²) in [5, 5.41) is 14.2. The predicted molar refractivity (Wildman–Crippen MR) is 151 cm³/mol. The van der Waals surface area contributed by atoms with E-state index >= 15 is 0 Å². The maximum absolute atomic E-state index is 12.8. The summed E-state index contributed by atoms with van der Waals surface area (Å²) < 4.78 is 1.52. The van der Waals surface area contributed by atoms with Crippen LogP contribution in [0.2, 0.25) is 0 Å².